The van der Waals surface area contributed by atoms with E-state index in [4.69, 9.17) is 4.74 Å². The highest BCUT2D eigenvalue weighted by atomic mass is 32.2. The first-order valence-electron chi connectivity index (χ1n) is 4.92. The van der Waals surface area contributed by atoms with Crippen LogP contribution in [-0.2, 0) is 9.84 Å². The molecule has 0 bridgehead atoms. The molecule has 1 aromatic rings. The highest BCUT2D eigenvalue weighted by Crippen LogP contribution is 2.29. The van der Waals surface area contributed by atoms with E-state index >= 15 is 0 Å². The Bertz CT molecular complexity index is 545. The van der Waals surface area contributed by atoms with Gasteiger partial charge in [0.25, 0.3) is 0 Å². The van der Waals surface area contributed by atoms with Gasteiger partial charge in [-0.05, 0) is 25.1 Å². The van der Waals surface area contributed by atoms with Crippen molar-refractivity contribution in [1.29, 1.82) is 0 Å². The molecule has 0 radical (unpaired) electrons. The van der Waals surface area contributed by atoms with E-state index in [1.807, 2.05) is 6.92 Å². The topological polar surface area (TPSA) is 60.4 Å². The van der Waals surface area contributed by atoms with Crippen LogP contribution in [0.4, 0.5) is 0 Å². The lowest BCUT2D eigenvalue weighted by Crippen LogP contribution is -2.24. The Labute approximate surface area is 94.2 Å². The Balaban J connectivity index is 2.55. The van der Waals surface area contributed by atoms with Crippen molar-refractivity contribution in [1.82, 2.24) is 0 Å². The molecule has 1 aromatic carbocycles. The first-order chi connectivity index (χ1) is 7.38. The minimum absolute atomic E-state index is 0.0701. The molecule has 1 heterocycles. The fraction of sp³-hybridized carbons (Fsp3) is 0.364. The van der Waals surface area contributed by atoms with Gasteiger partial charge in [-0.25, -0.2) is 8.42 Å². The van der Waals surface area contributed by atoms with Gasteiger partial charge in [0.15, 0.2) is 15.6 Å². The Morgan fingerprint density at radius 3 is 2.69 bits per heavy atom. The number of benzene rings is 1. The third-order valence-corrected chi connectivity index (χ3v) is 3.59. The van der Waals surface area contributed by atoms with Gasteiger partial charge in [-0.2, -0.15) is 0 Å². The van der Waals surface area contributed by atoms with Gasteiger partial charge in [-0.1, -0.05) is 0 Å². The van der Waals surface area contributed by atoms with Crippen LogP contribution in [0.5, 0.6) is 5.75 Å². The summed E-state index contributed by atoms with van der Waals surface area (Å²) in [4.78, 5) is 11.9. The number of hydrogen-bond donors (Lipinski definition) is 0. The minimum Gasteiger partial charge on any atom is -0.489 e. The van der Waals surface area contributed by atoms with Gasteiger partial charge in [-0.3, -0.25) is 4.79 Å². The van der Waals surface area contributed by atoms with Crippen LogP contribution < -0.4 is 4.74 Å². The van der Waals surface area contributed by atoms with Crippen molar-refractivity contribution in [3.8, 4) is 5.75 Å². The first kappa shape index (κ1) is 11.1. The van der Waals surface area contributed by atoms with Crippen LogP contribution in [0.2, 0.25) is 0 Å². The summed E-state index contributed by atoms with van der Waals surface area (Å²) in [5, 5.41) is 0. The molecule has 86 valence electrons. The Morgan fingerprint density at radius 1 is 1.38 bits per heavy atom. The maximum Gasteiger partial charge on any atom is 0.175 e. The quantitative estimate of drug-likeness (QED) is 0.745. The Kier molecular flexibility index (Phi) is 2.50. The summed E-state index contributed by atoms with van der Waals surface area (Å²) in [5.74, 6) is 0.399. The summed E-state index contributed by atoms with van der Waals surface area (Å²) in [7, 11) is -3.28. The smallest absolute Gasteiger partial charge is 0.175 e. The molecule has 0 fully saturated rings. The largest absolute Gasteiger partial charge is 0.489 e. The van der Waals surface area contributed by atoms with Crippen molar-refractivity contribution in [3.63, 3.8) is 0 Å². The monoisotopic (exact) mass is 240 g/mol. The molecule has 1 aliphatic rings. The van der Waals surface area contributed by atoms with Crippen LogP contribution in [0.15, 0.2) is 23.1 Å². The average molecular weight is 240 g/mol. The van der Waals surface area contributed by atoms with E-state index in [0.717, 1.165) is 6.26 Å². The van der Waals surface area contributed by atoms with Gasteiger partial charge in [0.05, 0.1) is 10.5 Å². The molecular weight excluding hydrogens is 228 g/mol. The highest BCUT2D eigenvalue weighted by Gasteiger charge is 2.24. The molecule has 1 aliphatic heterocycles. The van der Waals surface area contributed by atoms with E-state index < -0.39 is 9.84 Å². The van der Waals surface area contributed by atoms with Crippen molar-refractivity contribution >= 4 is 15.6 Å². The number of sulfone groups is 1. The van der Waals surface area contributed by atoms with Crippen molar-refractivity contribution in [3.05, 3.63) is 23.8 Å². The van der Waals surface area contributed by atoms with Crippen LogP contribution in [0, 0.1) is 0 Å². The van der Waals surface area contributed by atoms with Gasteiger partial charge >= 0.3 is 0 Å². The molecule has 0 amide bonds. The summed E-state index contributed by atoms with van der Waals surface area (Å²) in [6.07, 6.45) is 1.26. The average Bonchev–Trinajstić information content (AvgIpc) is 2.15. The van der Waals surface area contributed by atoms with Crippen molar-refractivity contribution in [2.75, 3.05) is 6.26 Å². The second kappa shape index (κ2) is 3.59. The first-order valence-corrected chi connectivity index (χ1v) is 6.81. The van der Waals surface area contributed by atoms with Gasteiger partial charge in [0.2, 0.25) is 0 Å². The fourth-order valence-electron chi connectivity index (χ4n) is 1.69. The van der Waals surface area contributed by atoms with Gasteiger partial charge < -0.3 is 4.74 Å². The maximum absolute atomic E-state index is 11.7. The summed E-state index contributed by atoms with van der Waals surface area (Å²) in [6, 6.07) is 4.39. The summed E-state index contributed by atoms with van der Waals surface area (Å²) in [5.41, 5.74) is 0.362. The minimum atomic E-state index is -3.28. The number of carbonyl (C=O) groups excluding carboxylic acids is 1. The molecule has 5 heteroatoms. The molecule has 0 saturated carbocycles. The third kappa shape index (κ3) is 1.95. The van der Waals surface area contributed by atoms with Crippen LogP contribution in [0.1, 0.15) is 23.7 Å². The van der Waals surface area contributed by atoms with Crippen LogP contribution >= 0.6 is 0 Å². The van der Waals surface area contributed by atoms with E-state index in [1.165, 1.54) is 12.1 Å². The second-order valence-corrected chi connectivity index (χ2v) is 6.00. The van der Waals surface area contributed by atoms with Crippen LogP contribution in [0.25, 0.3) is 0 Å². The van der Waals surface area contributed by atoms with E-state index in [1.54, 1.807) is 6.07 Å². The molecule has 4 nitrogen and oxygen atoms in total. The number of ketones is 1. The predicted octanol–water partition coefficient (Wildman–Crippen LogP) is 1.44. The normalized spacial score (nSPS) is 20.1. The number of Topliss-reactive ketones (excluding diaryl/α,β-unsaturated/α-hetero) is 1. The summed E-state index contributed by atoms with van der Waals surface area (Å²) < 4.78 is 28.1. The van der Waals surface area contributed by atoms with Crippen molar-refractivity contribution < 1.29 is 17.9 Å². The number of carbonyl (C=O) groups is 1. The van der Waals surface area contributed by atoms with E-state index in [9.17, 15) is 13.2 Å². The Hall–Kier alpha value is -1.36. The number of fused-ring (bicyclic) bond motifs is 1. The van der Waals surface area contributed by atoms with Crippen LogP contribution in [0.3, 0.4) is 0 Å². The molecule has 1 unspecified atom stereocenters. The molecular formula is C11H12O4S. The molecule has 16 heavy (non-hydrogen) atoms. The molecule has 0 spiro atoms. The zero-order chi connectivity index (χ0) is 11.9. The lowest BCUT2D eigenvalue weighted by Gasteiger charge is -2.22. The molecule has 0 saturated heterocycles. The van der Waals surface area contributed by atoms with E-state index in [2.05, 4.69) is 0 Å². The number of rotatable bonds is 1. The summed E-state index contributed by atoms with van der Waals surface area (Å²) in [6.45, 7) is 1.81. The summed E-state index contributed by atoms with van der Waals surface area (Å²) >= 11 is 0. The molecule has 2 rings (SSSR count). The van der Waals surface area contributed by atoms with Gasteiger partial charge in [0.1, 0.15) is 11.9 Å². The standard InChI is InChI=1S/C11H12O4S/c1-7-5-10(12)9-6-8(16(2,13)14)3-4-11(9)15-7/h3-4,6-7H,5H2,1-2H3. The molecule has 0 aromatic heterocycles. The third-order valence-electron chi connectivity index (χ3n) is 2.48. The zero-order valence-electron chi connectivity index (χ0n) is 9.06. The van der Waals surface area contributed by atoms with E-state index in [0.29, 0.717) is 17.7 Å². The highest BCUT2D eigenvalue weighted by molar-refractivity contribution is 7.90. The van der Waals surface area contributed by atoms with E-state index in [-0.39, 0.29) is 16.8 Å². The fourth-order valence-corrected chi connectivity index (χ4v) is 2.34. The number of ether oxygens (including phenoxy) is 1. The number of hydrogen-bond acceptors (Lipinski definition) is 4. The maximum atomic E-state index is 11.7. The van der Waals surface area contributed by atoms with Crippen molar-refractivity contribution in [2.45, 2.75) is 24.3 Å². The SMILES string of the molecule is CC1CC(=O)c2cc(S(C)(=O)=O)ccc2O1. The second-order valence-electron chi connectivity index (χ2n) is 3.99. The van der Waals surface area contributed by atoms with Crippen molar-refractivity contribution in [2.24, 2.45) is 0 Å². The zero-order valence-corrected chi connectivity index (χ0v) is 9.87. The Morgan fingerprint density at radius 2 is 2.06 bits per heavy atom. The molecule has 0 aliphatic carbocycles. The lowest BCUT2D eigenvalue weighted by molar-refractivity contribution is 0.0870. The predicted molar refractivity (Wildman–Crippen MR) is 58.6 cm³/mol. The lowest BCUT2D eigenvalue weighted by atomic mass is 10.0. The van der Waals surface area contributed by atoms with Gasteiger partial charge in [0, 0.05) is 12.7 Å². The van der Waals surface area contributed by atoms with Crippen LogP contribution in [-0.4, -0.2) is 26.6 Å². The van der Waals surface area contributed by atoms with Gasteiger partial charge in [-0.15, -0.1) is 0 Å². The molecule has 0 N–H and O–H groups in total. The molecule has 1 atom stereocenters.